The molecule has 1 aliphatic rings. The first-order valence-corrected chi connectivity index (χ1v) is 7.01. The number of hydrogen-bond acceptors (Lipinski definition) is 3. The molecule has 17 heavy (non-hydrogen) atoms. The molecule has 1 saturated heterocycles. The first-order chi connectivity index (χ1) is 8.34. The van der Waals surface area contributed by atoms with Gasteiger partial charge in [-0.1, -0.05) is 6.07 Å². The fourth-order valence-electron chi connectivity index (χ4n) is 2.57. The topological polar surface area (TPSA) is 29.9 Å². The van der Waals surface area contributed by atoms with Crippen LogP contribution in [-0.2, 0) is 0 Å². The van der Waals surface area contributed by atoms with Gasteiger partial charge in [0.1, 0.15) is 0 Å². The minimum atomic E-state index is 0.589. The van der Waals surface area contributed by atoms with E-state index in [9.17, 15) is 0 Å². The number of piperidine rings is 1. The van der Waals surface area contributed by atoms with Crippen molar-refractivity contribution in [3.63, 3.8) is 0 Å². The molecule has 3 nitrogen and oxygen atoms in total. The lowest BCUT2D eigenvalue weighted by molar-refractivity contribution is 0.315. The van der Waals surface area contributed by atoms with Crippen molar-refractivity contribution < 1.29 is 0 Å². The van der Waals surface area contributed by atoms with Crippen molar-refractivity contribution in [3.8, 4) is 10.6 Å². The Bertz CT molecular complexity index is 475. The number of hydrogen-bond donors (Lipinski definition) is 1. The second-order valence-corrected chi connectivity index (χ2v) is 5.64. The summed E-state index contributed by atoms with van der Waals surface area (Å²) in [6, 6.07) is 5.46. The summed E-state index contributed by atoms with van der Waals surface area (Å²) < 4.78 is 2.35. The number of imidazole rings is 1. The molecule has 0 aromatic carbocycles. The van der Waals surface area contributed by atoms with Crippen LogP contribution in [0.4, 0.5) is 0 Å². The Morgan fingerprint density at radius 2 is 2.47 bits per heavy atom. The molecule has 0 amide bonds. The molecule has 3 rings (SSSR count). The predicted molar refractivity (Wildman–Crippen MR) is 71.3 cm³/mol. The van der Waals surface area contributed by atoms with Crippen LogP contribution in [0, 0.1) is 0 Å². The van der Waals surface area contributed by atoms with E-state index in [2.05, 4.69) is 39.3 Å². The lowest BCUT2D eigenvalue weighted by Gasteiger charge is -2.29. The van der Waals surface area contributed by atoms with E-state index >= 15 is 0 Å². The average molecular weight is 247 g/mol. The van der Waals surface area contributed by atoms with Gasteiger partial charge < -0.3 is 9.88 Å². The van der Waals surface area contributed by atoms with Gasteiger partial charge in [0.15, 0.2) is 0 Å². The van der Waals surface area contributed by atoms with E-state index in [0.29, 0.717) is 12.1 Å². The van der Waals surface area contributed by atoms with E-state index in [-0.39, 0.29) is 0 Å². The van der Waals surface area contributed by atoms with Crippen LogP contribution >= 0.6 is 11.3 Å². The molecule has 2 atom stereocenters. The lowest BCUT2D eigenvalue weighted by atomic mass is 10.0. The van der Waals surface area contributed by atoms with E-state index in [4.69, 9.17) is 0 Å². The molecule has 0 bridgehead atoms. The van der Waals surface area contributed by atoms with Crippen molar-refractivity contribution in [2.45, 2.75) is 31.8 Å². The highest BCUT2D eigenvalue weighted by Crippen LogP contribution is 2.30. The zero-order valence-corrected chi connectivity index (χ0v) is 10.8. The average Bonchev–Trinajstić information content (AvgIpc) is 3.00. The zero-order chi connectivity index (χ0) is 11.7. The van der Waals surface area contributed by atoms with Gasteiger partial charge in [-0.3, -0.25) is 0 Å². The zero-order valence-electron chi connectivity index (χ0n) is 9.97. The van der Waals surface area contributed by atoms with Crippen molar-refractivity contribution in [3.05, 3.63) is 30.0 Å². The molecule has 0 saturated carbocycles. The van der Waals surface area contributed by atoms with Gasteiger partial charge in [-0.25, -0.2) is 4.98 Å². The lowest BCUT2D eigenvalue weighted by Crippen LogP contribution is -2.36. The molecule has 1 aliphatic heterocycles. The van der Waals surface area contributed by atoms with Crippen molar-refractivity contribution in [2.75, 3.05) is 6.54 Å². The maximum absolute atomic E-state index is 4.33. The number of nitrogens with zero attached hydrogens (tertiary/aromatic N) is 2. The fraction of sp³-hybridized carbons (Fsp3) is 0.462. The minimum Gasteiger partial charge on any atom is -0.327 e. The van der Waals surface area contributed by atoms with E-state index in [0.717, 1.165) is 6.54 Å². The van der Waals surface area contributed by atoms with E-state index in [1.165, 1.54) is 23.4 Å². The van der Waals surface area contributed by atoms with Gasteiger partial charge in [0, 0.05) is 12.1 Å². The molecular formula is C13H17N3S. The van der Waals surface area contributed by atoms with Crippen molar-refractivity contribution in [1.82, 2.24) is 14.9 Å². The van der Waals surface area contributed by atoms with Crippen LogP contribution in [0.3, 0.4) is 0 Å². The Balaban J connectivity index is 1.91. The quantitative estimate of drug-likeness (QED) is 0.884. The van der Waals surface area contributed by atoms with Crippen LogP contribution in [-0.4, -0.2) is 22.1 Å². The van der Waals surface area contributed by atoms with Gasteiger partial charge in [0.2, 0.25) is 0 Å². The molecule has 0 radical (unpaired) electrons. The van der Waals surface area contributed by atoms with E-state index in [1.807, 2.05) is 12.5 Å². The van der Waals surface area contributed by atoms with Crippen LogP contribution in [0.2, 0.25) is 0 Å². The Morgan fingerprint density at radius 3 is 3.24 bits per heavy atom. The Kier molecular flexibility index (Phi) is 2.99. The Morgan fingerprint density at radius 1 is 1.53 bits per heavy atom. The van der Waals surface area contributed by atoms with Gasteiger partial charge in [-0.05, 0) is 37.8 Å². The van der Waals surface area contributed by atoms with Gasteiger partial charge >= 0.3 is 0 Å². The first kappa shape index (κ1) is 11.0. The van der Waals surface area contributed by atoms with Crippen LogP contribution in [0.5, 0.6) is 0 Å². The highest BCUT2D eigenvalue weighted by atomic mass is 32.1. The largest absolute Gasteiger partial charge is 0.327 e. The number of thiophene rings is 1. The molecule has 4 heteroatoms. The third kappa shape index (κ3) is 2.15. The summed E-state index contributed by atoms with van der Waals surface area (Å²) in [5, 5.41) is 5.62. The van der Waals surface area contributed by atoms with Crippen molar-refractivity contribution >= 4 is 11.3 Å². The summed E-state index contributed by atoms with van der Waals surface area (Å²) in [6.45, 7) is 3.36. The maximum atomic E-state index is 4.33. The minimum absolute atomic E-state index is 0.589. The summed E-state index contributed by atoms with van der Waals surface area (Å²) in [5.41, 5.74) is 1.26. The first-order valence-electron chi connectivity index (χ1n) is 6.13. The third-order valence-corrected chi connectivity index (χ3v) is 4.32. The summed E-state index contributed by atoms with van der Waals surface area (Å²) in [6.07, 6.45) is 6.35. The van der Waals surface area contributed by atoms with Crippen LogP contribution < -0.4 is 5.32 Å². The normalized spacial score (nSPS) is 25.0. The molecule has 3 heterocycles. The highest BCUT2D eigenvalue weighted by molar-refractivity contribution is 7.13. The molecule has 2 aromatic rings. The smallest absolute Gasteiger partial charge is 0.0953 e. The van der Waals surface area contributed by atoms with E-state index < -0.39 is 0 Å². The Hall–Kier alpha value is -1.13. The molecule has 0 spiro atoms. The van der Waals surface area contributed by atoms with Crippen molar-refractivity contribution in [2.24, 2.45) is 0 Å². The Labute approximate surface area is 106 Å². The van der Waals surface area contributed by atoms with Crippen LogP contribution in [0.1, 0.15) is 25.8 Å². The molecular weight excluding hydrogens is 230 g/mol. The molecule has 2 aromatic heterocycles. The highest BCUT2D eigenvalue weighted by Gasteiger charge is 2.21. The van der Waals surface area contributed by atoms with Gasteiger partial charge in [0.05, 0.1) is 23.1 Å². The number of aromatic nitrogens is 2. The molecule has 0 aliphatic carbocycles. The third-order valence-electron chi connectivity index (χ3n) is 3.43. The van der Waals surface area contributed by atoms with Gasteiger partial charge in [-0.2, -0.15) is 0 Å². The summed E-state index contributed by atoms with van der Waals surface area (Å²) >= 11 is 1.78. The van der Waals surface area contributed by atoms with Gasteiger partial charge in [-0.15, -0.1) is 11.3 Å². The standard InChI is InChI=1S/C13H17N3S/c1-10-7-11(4-5-15-10)16-9-14-8-12(16)13-3-2-6-17-13/h2-3,6,8-11,15H,4-5,7H2,1H3. The number of rotatable bonds is 2. The molecule has 90 valence electrons. The van der Waals surface area contributed by atoms with Gasteiger partial charge in [0.25, 0.3) is 0 Å². The second-order valence-electron chi connectivity index (χ2n) is 4.70. The van der Waals surface area contributed by atoms with Crippen molar-refractivity contribution in [1.29, 1.82) is 0 Å². The summed E-state index contributed by atoms with van der Waals surface area (Å²) in [4.78, 5) is 5.64. The molecule has 2 unspecified atom stereocenters. The SMILES string of the molecule is CC1CC(n2cncc2-c2cccs2)CCN1. The van der Waals surface area contributed by atoms with Crippen LogP contribution in [0.25, 0.3) is 10.6 Å². The van der Waals surface area contributed by atoms with Crippen LogP contribution in [0.15, 0.2) is 30.0 Å². The second kappa shape index (κ2) is 4.63. The summed E-state index contributed by atoms with van der Waals surface area (Å²) in [5.74, 6) is 0. The monoisotopic (exact) mass is 247 g/mol. The van der Waals surface area contributed by atoms with E-state index in [1.54, 1.807) is 11.3 Å². The molecule has 1 N–H and O–H groups in total. The maximum Gasteiger partial charge on any atom is 0.0953 e. The fourth-order valence-corrected chi connectivity index (χ4v) is 3.31. The summed E-state index contributed by atoms with van der Waals surface area (Å²) in [7, 11) is 0. The number of nitrogens with one attached hydrogen (secondary N) is 1. The molecule has 1 fully saturated rings. The predicted octanol–water partition coefficient (Wildman–Crippen LogP) is 2.92.